The second-order valence-corrected chi connectivity index (χ2v) is 3.08. The number of carbonyl (C=O) groups excluding carboxylic acids is 1. The third-order valence-electron chi connectivity index (χ3n) is 1.93. The van der Waals surface area contributed by atoms with Crippen molar-refractivity contribution in [3.05, 3.63) is 42.0 Å². The highest BCUT2D eigenvalue weighted by Crippen LogP contribution is 2.11. The molecule has 0 saturated carbocycles. The van der Waals surface area contributed by atoms with Gasteiger partial charge in [-0.05, 0) is 25.5 Å². The summed E-state index contributed by atoms with van der Waals surface area (Å²) in [6.07, 6.45) is 4.60. The molecule has 2 N–H and O–H groups in total. The quantitative estimate of drug-likeness (QED) is 0.355. The van der Waals surface area contributed by atoms with Gasteiger partial charge in [-0.1, -0.05) is 24.3 Å². The van der Waals surface area contributed by atoms with E-state index in [9.17, 15) is 4.79 Å². The first-order valence-corrected chi connectivity index (χ1v) is 4.88. The SMILES string of the molecule is CC=CCCOC(=O)c1ccccc1N. The van der Waals surface area contributed by atoms with Crippen LogP contribution in [0, 0.1) is 0 Å². The van der Waals surface area contributed by atoms with Gasteiger partial charge >= 0.3 is 5.97 Å². The maximum atomic E-state index is 11.5. The first kappa shape index (κ1) is 11.3. The minimum atomic E-state index is -0.363. The lowest BCUT2D eigenvalue weighted by Crippen LogP contribution is -2.08. The van der Waals surface area contributed by atoms with Gasteiger partial charge in [-0.2, -0.15) is 0 Å². The van der Waals surface area contributed by atoms with Crippen molar-refractivity contribution in [3.63, 3.8) is 0 Å². The topological polar surface area (TPSA) is 52.3 Å². The van der Waals surface area contributed by atoms with Crippen LogP contribution in [0.4, 0.5) is 5.69 Å². The fraction of sp³-hybridized carbons (Fsp3) is 0.250. The molecule has 0 fully saturated rings. The van der Waals surface area contributed by atoms with Crippen LogP contribution in [-0.4, -0.2) is 12.6 Å². The van der Waals surface area contributed by atoms with Crippen LogP contribution in [-0.2, 0) is 4.74 Å². The Balaban J connectivity index is 2.51. The molecule has 0 radical (unpaired) electrons. The Bertz CT molecular complexity index is 358. The molecule has 0 unspecified atom stereocenters. The van der Waals surface area contributed by atoms with E-state index in [1.807, 2.05) is 19.1 Å². The van der Waals surface area contributed by atoms with Crippen LogP contribution in [0.25, 0.3) is 0 Å². The summed E-state index contributed by atoms with van der Waals surface area (Å²) in [5.41, 5.74) is 6.52. The number of rotatable bonds is 4. The van der Waals surface area contributed by atoms with Crippen molar-refractivity contribution in [2.45, 2.75) is 13.3 Å². The molecule has 0 amide bonds. The molecule has 0 spiro atoms. The summed E-state index contributed by atoms with van der Waals surface area (Å²) >= 11 is 0. The Morgan fingerprint density at radius 3 is 2.87 bits per heavy atom. The zero-order valence-corrected chi connectivity index (χ0v) is 8.77. The number of para-hydroxylation sites is 1. The van der Waals surface area contributed by atoms with E-state index in [4.69, 9.17) is 10.5 Å². The van der Waals surface area contributed by atoms with Crippen molar-refractivity contribution in [2.24, 2.45) is 0 Å². The third-order valence-corrected chi connectivity index (χ3v) is 1.93. The Kier molecular flexibility index (Phi) is 4.41. The van der Waals surface area contributed by atoms with E-state index in [0.29, 0.717) is 17.9 Å². The number of anilines is 1. The van der Waals surface area contributed by atoms with Crippen LogP contribution in [0.5, 0.6) is 0 Å². The number of carbonyl (C=O) groups is 1. The number of ether oxygens (including phenoxy) is 1. The van der Waals surface area contributed by atoms with E-state index in [-0.39, 0.29) is 5.97 Å². The number of allylic oxidation sites excluding steroid dienone is 1. The number of hydrogen-bond acceptors (Lipinski definition) is 3. The molecule has 3 heteroatoms. The zero-order valence-electron chi connectivity index (χ0n) is 8.77. The highest BCUT2D eigenvalue weighted by atomic mass is 16.5. The van der Waals surface area contributed by atoms with Gasteiger partial charge in [-0.25, -0.2) is 4.79 Å². The number of hydrogen-bond donors (Lipinski definition) is 1. The number of nitrogens with two attached hydrogens (primary N) is 1. The molecule has 0 aliphatic rings. The van der Waals surface area contributed by atoms with Gasteiger partial charge in [-0.15, -0.1) is 0 Å². The molecule has 3 nitrogen and oxygen atoms in total. The molecule has 0 saturated heterocycles. The predicted molar refractivity (Wildman–Crippen MR) is 60.6 cm³/mol. The van der Waals surface area contributed by atoms with Gasteiger partial charge in [0.2, 0.25) is 0 Å². The number of benzene rings is 1. The van der Waals surface area contributed by atoms with E-state index in [1.54, 1.807) is 24.3 Å². The Hall–Kier alpha value is -1.77. The molecule has 0 heterocycles. The second kappa shape index (κ2) is 5.86. The van der Waals surface area contributed by atoms with Crippen molar-refractivity contribution in [2.75, 3.05) is 12.3 Å². The van der Waals surface area contributed by atoms with Gasteiger partial charge in [0.05, 0.1) is 12.2 Å². The monoisotopic (exact) mass is 205 g/mol. The Morgan fingerprint density at radius 1 is 1.47 bits per heavy atom. The fourth-order valence-corrected chi connectivity index (χ4v) is 1.15. The highest BCUT2D eigenvalue weighted by Gasteiger charge is 2.08. The van der Waals surface area contributed by atoms with Gasteiger partial charge in [0, 0.05) is 5.69 Å². The molecule has 0 aliphatic carbocycles. The van der Waals surface area contributed by atoms with Gasteiger partial charge in [0.15, 0.2) is 0 Å². The molecular weight excluding hydrogens is 190 g/mol. The van der Waals surface area contributed by atoms with Gasteiger partial charge in [0.25, 0.3) is 0 Å². The molecule has 1 rings (SSSR count). The van der Waals surface area contributed by atoms with Gasteiger partial charge in [0.1, 0.15) is 0 Å². The van der Waals surface area contributed by atoms with Gasteiger partial charge in [-0.3, -0.25) is 0 Å². The van der Waals surface area contributed by atoms with E-state index in [0.717, 1.165) is 6.42 Å². The van der Waals surface area contributed by atoms with Gasteiger partial charge < -0.3 is 10.5 Å². The zero-order chi connectivity index (χ0) is 11.1. The molecule has 0 aliphatic heterocycles. The molecule has 1 aromatic rings. The summed E-state index contributed by atoms with van der Waals surface area (Å²) in [5, 5.41) is 0. The van der Waals surface area contributed by atoms with E-state index in [1.165, 1.54) is 0 Å². The van der Waals surface area contributed by atoms with Crippen molar-refractivity contribution < 1.29 is 9.53 Å². The summed E-state index contributed by atoms with van der Waals surface area (Å²) in [6.45, 7) is 2.31. The van der Waals surface area contributed by atoms with Crippen LogP contribution in [0.1, 0.15) is 23.7 Å². The summed E-state index contributed by atoms with van der Waals surface area (Å²) < 4.78 is 5.04. The maximum Gasteiger partial charge on any atom is 0.340 e. The van der Waals surface area contributed by atoms with E-state index >= 15 is 0 Å². The number of esters is 1. The number of nitrogen functional groups attached to an aromatic ring is 1. The van der Waals surface area contributed by atoms with Crippen LogP contribution >= 0.6 is 0 Å². The van der Waals surface area contributed by atoms with Crippen LogP contribution in [0.15, 0.2) is 36.4 Å². The third kappa shape index (κ3) is 3.46. The van der Waals surface area contributed by atoms with E-state index < -0.39 is 0 Å². The lowest BCUT2D eigenvalue weighted by atomic mass is 10.2. The maximum absolute atomic E-state index is 11.5. The summed E-state index contributed by atoms with van der Waals surface area (Å²) in [6, 6.07) is 6.89. The highest BCUT2D eigenvalue weighted by molar-refractivity contribution is 5.94. The molecule has 1 aromatic carbocycles. The first-order valence-electron chi connectivity index (χ1n) is 4.88. The Labute approximate surface area is 89.5 Å². The fourth-order valence-electron chi connectivity index (χ4n) is 1.15. The molecule has 0 aromatic heterocycles. The minimum Gasteiger partial charge on any atom is -0.462 e. The average Bonchev–Trinajstić information content (AvgIpc) is 2.25. The van der Waals surface area contributed by atoms with Crippen LogP contribution < -0.4 is 5.73 Å². The van der Waals surface area contributed by atoms with Crippen molar-refractivity contribution in [1.29, 1.82) is 0 Å². The lowest BCUT2D eigenvalue weighted by Gasteiger charge is -2.05. The molecule has 0 bridgehead atoms. The standard InChI is InChI=1S/C12H15NO2/c1-2-3-6-9-15-12(14)10-7-4-5-8-11(10)13/h2-5,7-8H,6,9,13H2,1H3. The van der Waals surface area contributed by atoms with Crippen molar-refractivity contribution in [1.82, 2.24) is 0 Å². The average molecular weight is 205 g/mol. The molecule has 15 heavy (non-hydrogen) atoms. The van der Waals surface area contributed by atoms with Crippen molar-refractivity contribution in [3.8, 4) is 0 Å². The minimum absolute atomic E-state index is 0.363. The summed E-state index contributed by atoms with van der Waals surface area (Å²) in [4.78, 5) is 11.5. The predicted octanol–water partition coefficient (Wildman–Crippen LogP) is 2.39. The van der Waals surface area contributed by atoms with E-state index in [2.05, 4.69) is 0 Å². The van der Waals surface area contributed by atoms with Crippen LogP contribution in [0.3, 0.4) is 0 Å². The molecule has 0 atom stereocenters. The molecular formula is C12H15NO2. The lowest BCUT2D eigenvalue weighted by molar-refractivity contribution is 0.0513. The first-order chi connectivity index (χ1) is 7.25. The summed E-state index contributed by atoms with van der Waals surface area (Å²) in [5.74, 6) is -0.363. The molecule has 80 valence electrons. The van der Waals surface area contributed by atoms with Crippen molar-refractivity contribution >= 4 is 11.7 Å². The van der Waals surface area contributed by atoms with Crippen LogP contribution in [0.2, 0.25) is 0 Å². The largest absolute Gasteiger partial charge is 0.462 e. The summed E-state index contributed by atoms with van der Waals surface area (Å²) in [7, 11) is 0. The normalized spacial score (nSPS) is 10.5. The smallest absolute Gasteiger partial charge is 0.340 e. The Morgan fingerprint density at radius 2 is 2.20 bits per heavy atom. The second-order valence-electron chi connectivity index (χ2n) is 3.08.